The van der Waals surface area contributed by atoms with Gasteiger partial charge in [-0.15, -0.1) is 0 Å². The number of sulfonamides is 1. The highest BCUT2D eigenvalue weighted by atomic mass is 32.2. The first kappa shape index (κ1) is 24.0. The number of morpholine rings is 2. The number of hydrogen-bond acceptors (Lipinski definition) is 7. The van der Waals surface area contributed by atoms with Crippen LogP contribution in [-0.4, -0.2) is 77.5 Å². The van der Waals surface area contributed by atoms with E-state index in [9.17, 15) is 13.2 Å². The number of nitrogens with zero attached hydrogens (tertiary/aromatic N) is 2. The number of rotatable bonds is 7. The molecule has 2 aliphatic rings. The summed E-state index contributed by atoms with van der Waals surface area (Å²) in [5.41, 5.74) is 2.93. The Balaban J connectivity index is 1.64. The summed E-state index contributed by atoms with van der Waals surface area (Å²) in [7, 11) is -3.69. The van der Waals surface area contributed by atoms with Crippen LogP contribution < -0.4 is 10.2 Å². The molecule has 2 aromatic carbocycles. The van der Waals surface area contributed by atoms with Crippen LogP contribution in [0.3, 0.4) is 0 Å². The lowest BCUT2D eigenvalue weighted by Crippen LogP contribution is -2.40. The van der Waals surface area contributed by atoms with Crippen molar-refractivity contribution in [2.24, 2.45) is 0 Å². The van der Waals surface area contributed by atoms with E-state index in [1.165, 1.54) is 4.31 Å². The first-order valence-electron chi connectivity index (χ1n) is 10.9. The Labute approximate surface area is 199 Å². The summed E-state index contributed by atoms with van der Waals surface area (Å²) in [4.78, 5) is 15.3. The number of amides is 1. The van der Waals surface area contributed by atoms with E-state index in [2.05, 4.69) is 10.2 Å². The molecule has 2 heterocycles. The van der Waals surface area contributed by atoms with Gasteiger partial charge in [-0.25, -0.2) is 8.42 Å². The van der Waals surface area contributed by atoms with Gasteiger partial charge in [0.05, 0.1) is 42.7 Å². The second-order valence-corrected chi connectivity index (χ2v) is 10.7. The lowest BCUT2D eigenvalue weighted by molar-refractivity contribution is 0.0730. The standard InChI is InChI=1S/C23H29N3O5S2/c1-32-17-18-2-4-19(5-3-18)23(27)24-21-16-20(33(28,29)26-10-14-31-15-11-26)6-7-22(21)25-8-12-30-13-9-25/h2-7,16H,8-15,17H2,1H3,(H,24,27). The van der Waals surface area contributed by atoms with E-state index in [1.54, 1.807) is 42.1 Å². The van der Waals surface area contributed by atoms with Gasteiger partial charge in [-0.1, -0.05) is 12.1 Å². The molecule has 0 unspecified atom stereocenters. The van der Waals surface area contributed by atoms with Gasteiger partial charge in [0.1, 0.15) is 0 Å². The summed E-state index contributed by atoms with van der Waals surface area (Å²) in [5.74, 6) is 0.603. The monoisotopic (exact) mass is 491 g/mol. The third-order valence-electron chi connectivity index (χ3n) is 5.70. The Morgan fingerprint density at radius 1 is 0.970 bits per heavy atom. The van der Waals surface area contributed by atoms with Crippen molar-refractivity contribution in [3.05, 3.63) is 53.6 Å². The zero-order chi connectivity index (χ0) is 23.3. The highest BCUT2D eigenvalue weighted by Gasteiger charge is 2.28. The van der Waals surface area contributed by atoms with E-state index >= 15 is 0 Å². The smallest absolute Gasteiger partial charge is 0.255 e. The van der Waals surface area contributed by atoms with Crippen molar-refractivity contribution in [3.8, 4) is 0 Å². The number of benzene rings is 2. The first-order valence-corrected chi connectivity index (χ1v) is 13.8. The van der Waals surface area contributed by atoms with Gasteiger partial charge in [0.2, 0.25) is 10.0 Å². The molecular formula is C23H29N3O5S2. The van der Waals surface area contributed by atoms with Crippen LogP contribution >= 0.6 is 11.8 Å². The minimum Gasteiger partial charge on any atom is -0.379 e. The molecule has 4 rings (SSSR count). The second-order valence-electron chi connectivity index (χ2n) is 7.88. The highest BCUT2D eigenvalue weighted by molar-refractivity contribution is 7.97. The molecule has 33 heavy (non-hydrogen) atoms. The predicted molar refractivity (Wildman–Crippen MR) is 131 cm³/mol. The van der Waals surface area contributed by atoms with Crippen molar-refractivity contribution in [3.63, 3.8) is 0 Å². The van der Waals surface area contributed by atoms with Crippen molar-refractivity contribution < 1.29 is 22.7 Å². The van der Waals surface area contributed by atoms with Crippen LogP contribution in [0.1, 0.15) is 15.9 Å². The maximum Gasteiger partial charge on any atom is 0.255 e. The lowest BCUT2D eigenvalue weighted by Gasteiger charge is -2.31. The average molecular weight is 492 g/mol. The minimum atomic E-state index is -3.69. The molecule has 0 saturated carbocycles. The van der Waals surface area contributed by atoms with Crippen molar-refractivity contribution in [2.45, 2.75) is 10.6 Å². The molecule has 178 valence electrons. The third-order valence-corrected chi connectivity index (χ3v) is 8.22. The molecule has 2 aliphatic heterocycles. The lowest BCUT2D eigenvalue weighted by atomic mass is 10.1. The van der Waals surface area contributed by atoms with Crippen molar-refractivity contribution >= 4 is 39.1 Å². The summed E-state index contributed by atoms with van der Waals surface area (Å²) < 4.78 is 38.6. The van der Waals surface area contributed by atoms with Gasteiger partial charge in [-0.3, -0.25) is 4.79 Å². The zero-order valence-corrected chi connectivity index (χ0v) is 20.3. The molecule has 0 aromatic heterocycles. The van der Waals surface area contributed by atoms with E-state index in [1.807, 2.05) is 18.4 Å². The molecule has 0 radical (unpaired) electrons. The van der Waals surface area contributed by atoms with Gasteiger partial charge in [-0.2, -0.15) is 16.1 Å². The maximum atomic E-state index is 13.2. The van der Waals surface area contributed by atoms with Crippen molar-refractivity contribution in [1.82, 2.24) is 4.31 Å². The number of anilines is 2. The number of ether oxygens (including phenoxy) is 2. The molecule has 0 aliphatic carbocycles. The minimum absolute atomic E-state index is 0.159. The van der Waals surface area contributed by atoms with Crippen LogP contribution in [0.4, 0.5) is 11.4 Å². The van der Waals surface area contributed by atoms with E-state index in [0.717, 1.165) is 17.0 Å². The molecule has 2 fully saturated rings. The second kappa shape index (κ2) is 10.9. The van der Waals surface area contributed by atoms with Gasteiger partial charge in [-0.05, 0) is 42.2 Å². The van der Waals surface area contributed by atoms with E-state index in [4.69, 9.17) is 9.47 Å². The van der Waals surface area contributed by atoms with Crippen LogP contribution in [0, 0.1) is 0 Å². The van der Waals surface area contributed by atoms with Gasteiger partial charge >= 0.3 is 0 Å². The summed E-state index contributed by atoms with van der Waals surface area (Å²) in [6.45, 7) is 3.89. The van der Waals surface area contributed by atoms with Crippen molar-refractivity contribution in [1.29, 1.82) is 0 Å². The molecular weight excluding hydrogens is 462 g/mol. The molecule has 0 atom stereocenters. The average Bonchev–Trinajstić information content (AvgIpc) is 2.85. The topological polar surface area (TPSA) is 88.2 Å². The van der Waals surface area contributed by atoms with Crippen LogP contribution in [0.15, 0.2) is 47.4 Å². The summed E-state index contributed by atoms with van der Waals surface area (Å²) in [6, 6.07) is 12.4. The number of hydrogen-bond donors (Lipinski definition) is 1. The van der Waals surface area contributed by atoms with Crippen LogP contribution in [0.25, 0.3) is 0 Å². The Hall–Kier alpha value is -2.11. The van der Waals surface area contributed by atoms with Crippen LogP contribution in [-0.2, 0) is 25.2 Å². The SMILES string of the molecule is CSCc1ccc(C(=O)Nc2cc(S(=O)(=O)N3CCOCC3)ccc2N2CCOCC2)cc1. The number of carbonyl (C=O) groups is 1. The van der Waals surface area contributed by atoms with Crippen LogP contribution in [0.5, 0.6) is 0 Å². The quantitative estimate of drug-likeness (QED) is 0.637. The first-order chi connectivity index (χ1) is 16.0. The Morgan fingerprint density at radius 2 is 1.61 bits per heavy atom. The Bertz CT molecular complexity index is 1060. The summed E-state index contributed by atoms with van der Waals surface area (Å²) >= 11 is 1.72. The highest BCUT2D eigenvalue weighted by Crippen LogP contribution is 2.31. The molecule has 1 amide bonds. The molecule has 8 nitrogen and oxygen atoms in total. The maximum absolute atomic E-state index is 13.2. The normalized spacial score (nSPS) is 17.7. The number of nitrogens with one attached hydrogen (secondary N) is 1. The number of carbonyl (C=O) groups excluding carboxylic acids is 1. The molecule has 2 aromatic rings. The molecule has 0 bridgehead atoms. The van der Waals surface area contributed by atoms with E-state index in [-0.39, 0.29) is 10.8 Å². The van der Waals surface area contributed by atoms with Gasteiger partial charge in [0.15, 0.2) is 0 Å². The fourth-order valence-corrected chi connectivity index (χ4v) is 5.87. The van der Waals surface area contributed by atoms with Crippen LogP contribution in [0.2, 0.25) is 0 Å². The summed E-state index contributed by atoms with van der Waals surface area (Å²) in [6.07, 6.45) is 2.03. The van der Waals surface area contributed by atoms with Gasteiger partial charge < -0.3 is 19.7 Å². The Kier molecular flexibility index (Phi) is 7.92. The largest absolute Gasteiger partial charge is 0.379 e. The molecule has 1 N–H and O–H groups in total. The van der Waals surface area contributed by atoms with Gasteiger partial charge in [0, 0.05) is 37.5 Å². The predicted octanol–water partition coefficient (Wildman–Crippen LogP) is 2.66. The summed E-state index contributed by atoms with van der Waals surface area (Å²) in [5, 5.41) is 2.96. The van der Waals surface area contributed by atoms with Gasteiger partial charge in [0.25, 0.3) is 5.91 Å². The number of thioether (sulfide) groups is 1. The molecule has 0 spiro atoms. The van der Waals surface area contributed by atoms with E-state index < -0.39 is 10.0 Å². The van der Waals surface area contributed by atoms with E-state index in [0.29, 0.717) is 63.9 Å². The fraction of sp³-hybridized carbons (Fsp3) is 0.435. The zero-order valence-electron chi connectivity index (χ0n) is 18.7. The third kappa shape index (κ3) is 5.70. The fourth-order valence-electron chi connectivity index (χ4n) is 3.91. The van der Waals surface area contributed by atoms with Crippen molar-refractivity contribution in [2.75, 3.05) is 69.1 Å². The Morgan fingerprint density at radius 3 is 2.24 bits per heavy atom. The molecule has 2 saturated heterocycles. The molecule has 10 heteroatoms.